The molecule has 34 heavy (non-hydrogen) atoms. The lowest BCUT2D eigenvalue weighted by Gasteiger charge is -1.91. The van der Waals surface area contributed by atoms with Crippen molar-refractivity contribution >= 4 is 62.3 Å². The molecule has 0 fully saturated rings. The second-order valence-corrected chi connectivity index (χ2v) is 6.81. The number of carboxylic acids is 2. The number of halogens is 2. The zero-order chi connectivity index (χ0) is 26.2. The van der Waals surface area contributed by atoms with Crippen molar-refractivity contribution in [1.82, 2.24) is 15.0 Å². The molecule has 0 atom stereocenters. The molecule has 10 nitrogen and oxygen atoms in total. The topological polar surface area (TPSA) is 164 Å². The smallest absolute Gasteiger partial charge is 0.373 e. The fourth-order valence-corrected chi connectivity index (χ4v) is 2.19. The number of carbonyl (C=O) groups excluding carboxylic acids is 3. The molecule has 0 unspecified atom stereocenters. The molecule has 0 aromatic carbocycles. The molecule has 3 rings (SSSR count). The molecule has 12 heteroatoms. The molecule has 3 aromatic heterocycles. The molecule has 178 valence electrons. The van der Waals surface area contributed by atoms with Crippen LogP contribution in [0.3, 0.4) is 0 Å². The lowest BCUT2D eigenvalue weighted by Crippen LogP contribution is -1.87. The van der Waals surface area contributed by atoms with E-state index in [0.29, 0.717) is 26.9 Å². The highest BCUT2D eigenvalue weighted by molar-refractivity contribution is 9.10. The lowest BCUT2D eigenvalue weighted by atomic mass is 10.3. The van der Waals surface area contributed by atoms with Crippen LogP contribution in [0.25, 0.3) is 6.08 Å². The average Bonchev–Trinajstić information content (AvgIpc) is 2.80. The van der Waals surface area contributed by atoms with Gasteiger partial charge >= 0.3 is 12.1 Å². The van der Waals surface area contributed by atoms with Gasteiger partial charge in [-0.1, -0.05) is 18.2 Å². The number of aromatic nitrogens is 3. The molecule has 2 N–H and O–H groups in total. The molecule has 0 radical (unpaired) electrons. The van der Waals surface area contributed by atoms with Crippen LogP contribution in [0, 0.1) is 0 Å². The van der Waals surface area contributed by atoms with Gasteiger partial charge in [-0.05, 0) is 74.3 Å². The first-order valence-corrected chi connectivity index (χ1v) is 10.4. The maximum Gasteiger partial charge on any atom is 0.373 e. The highest BCUT2D eigenvalue weighted by Gasteiger charge is 1.91. The quantitative estimate of drug-likeness (QED) is 0.254. The van der Waals surface area contributed by atoms with Crippen LogP contribution >= 0.6 is 31.9 Å². The molecule has 0 amide bonds. The number of hydrogen-bond donors (Lipinski definition) is 2. The fourth-order valence-electron chi connectivity index (χ4n) is 1.48. The minimum atomic E-state index is -0.975. The first kappa shape index (κ1) is 32.3. The van der Waals surface area contributed by atoms with E-state index in [1.54, 1.807) is 48.8 Å². The molecular weight excluding hydrogens is 578 g/mol. The number of carbonyl (C=O) groups is 3. The summed E-state index contributed by atoms with van der Waals surface area (Å²) in [7, 11) is 0. The number of aldehydes is 1. The molecule has 0 saturated heterocycles. The molecule has 0 spiro atoms. The van der Waals surface area contributed by atoms with Gasteiger partial charge in [-0.15, -0.1) is 0 Å². The number of aliphatic carboxylic acids is 2. The van der Waals surface area contributed by atoms with Crippen LogP contribution in [0.2, 0.25) is 0 Å². The van der Waals surface area contributed by atoms with E-state index >= 15 is 0 Å². The zero-order valence-electron chi connectivity index (χ0n) is 17.6. The first-order chi connectivity index (χ1) is 16.2. The van der Waals surface area contributed by atoms with E-state index < -0.39 is 11.9 Å². The Kier molecular flexibility index (Phi) is 21.2. The van der Waals surface area contributed by atoms with E-state index in [1.165, 1.54) is 6.08 Å². The summed E-state index contributed by atoms with van der Waals surface area (Å²) in [5, 5.41) is 15.7. The Hall–Kier alpha value is -3.86. The van der Waals surface area contributed by atoms with Crippen LogP contribution in [-0.2, 0) is 19.2 Å². The maximum atomic E-state index is 10.1. The molecule has 3 heterocycles. The summed E-state index contributed by atoms with van der Waals surface area (Å²) in [6.45, 7) is 1.08. The van der Waals surface area contributed by atoms with Crippen molar-refractivity contribution in [1.29, 1.82) is 0 Å². The molecule has 3 aromatic rings. The third kappa shape index (κ3) is 24.4. The van der Waals surface area contributed by atoms with Crippen molar-refractivity contribution < 1.29 is 34.2 Å². The van der Waals surface area contributed by atoms with Gasteiger partial charge < -0.3 is 10.2 Å². The largest absolute Gasteiger partial charge is 0.481 e. The van der Waals surface area contributed by atoms with Gasteiger partial charge in [0.05, 0.1) is 5.69 Å². The molecule has 0 aliphatic heterocycles. The number of rotatable bonds is 3. The van der Waals surface area contributed by atoms with Crippen LogP contribution in [0.15, 0.2) is 82.3 Å². The normalized spacial score (nSPS) is 8.44. The van der Waals surface area contributed by atoms with Gasteiger partial charge in [-0.2, -0.15) is 9.59 Å². The summed E-state index contributed by atoms with van der Waals surface area (Å²) in [5.74, 6) is -1.81. The Morgan fingerprint density at radius 1 is 0.853 bits per heavy atom. The average molecular weight is 597 g/mol. The first-order valence-electron chi connectivity index (χ1n) is 8.81. The van der Waals surface area contributed by atoms with Gasteiger partial charge in [-0.25, -0.2) is 14.8 Å². The van der Waals surface area contributed by atoms with Crippen LogP contribution in [-0.4, -0.2) is 49.5 Å². The monoisotopic (exact) mass is 595 g/mol. The van der Waals surface area contributed by atoms with E-state index in [0.717, 1.165) is 13.0 Å². The minimum Gasteiger partial charge on any atom is -0.481 e. The van der Waals surface area contributed by atoms with Gasteiger partial charge in [0.2, 0.25) is 0 Å². The van der Waals surface area contributed by atoms with Crippen LogP contribution in [0.4, 0.5) is 0 Å². The number of pyridine rings is 3. The van der Waals surface area contributed by atoms with E-state index in [1.807, 2.05) is 18.2 Å². The third-order valence-corrected chi connectivity index (χ3v) is 3.44. The van der Waals surface area contributed by atoms with Gasteiger partial charge in [0.1, 0.15) is 14.9 Å². The summed E-state index contributed by atoms with van der Waals surface area (Å²) in [4.78, 5) is 57.1. The second-order valence-electron chi connectivity index (χ2n) is 5.19. The van der Waals surface area contributed by atoms with E-state index in [2.05, 4.69) is 46.8 Å². The van der Waals surface area contributed by atoms with E-state index in [9.17, 15) is 9.59 Å². The van der Waals surface area contributed by atoms with Crippen LogP contribution in [0.1, 0.15) is 23.1 Å². The summed E-state index contributed by atoms with van der Waals surface area (Å²) in [5.41, 5.74) is 1.07. The Labute approximate surface area is 211 Å². The summed E-state index contributed by atoms with van der Waals surface area (Å²) in [6, 6.07) is 16.2. The Balaban J connectivity index is 0. The SMILES string of the molecule is CC(=O)O.O=C(O)/C=C/c1cccc(Br)n1.O=C=O.O=Cc1cccc(Br)n1.c1ccncc1. The Morgan fingerprint density at radius 3 is 1.59 bits per heavy atom. The zero-order valence-corrected chi connectivity index (χ0v) is 20.8. The molecule has 0 aliphatic rings. The predicted molar refractivity (Wildman–Crippen MR) is 128 cm³/mol. The van der Waals surface area contributed by atoms with Crippen molar-refractivity contribution in [2.75, 3.05) is 0 Å². The van der Waals surface area contributed by atoms with Crippen molar-refractivity contribution in [2.24, 2.45) is 0 Å². The van der Waals surface area contributed by atoms with Gasteiger partial charge in [0.15, 0.2) is 6.29 Å². The summed E-state index contributed by atoms with van der Waals surface area (Å²) in [6.07, 6.45) is 6.95. The minimum absolute atomic E-state index is 0.250. The standard InChI is InChI=1S/C8H6BrNO2.C6H4BrNO.C5H5N.C2H4O2.CO2/c9-7-3-1-2-6(10-7)4-5-8(11)12;7-6-3-1-2-5(4-9)8-6;1-2-4-6-5-3-1;1-2(3)4;2-1-3/h1-5H,(H,11,12);1-4H;1-5H;1H3,(H,3,4);/b5-4+;;;;. The van der Waals surface area contributed by atoms with Crippen molar-refractivity contribution in [3.8, 4) is 0 Å². The van der Waals surface area contributed by atoms with Gasteiger partial charge in [-0.3, -0.25) is 14.6 Å². The highest BCUT2D eigenvalue weighted by Crippen LogP contribution is 2.07. The third-order valence-electron chi connectivity index (χ3n) is 2.56. The van der Waals surface area contributed by atoms with Crippen molar-refractivity contribution in [3.05, 3.63) is 93.7 Å². The molecule has 0 aliphatic carbocycles. The molecule has 0 saturated carbocycles. The summed E-state index contributed by atoms with van der Waals surface area (Å²) >= 11 is 6.31. The molecule has 0 bridgehead atoms. The number of nitrogens with zero attached hydrogens (tertiary/aromatic N) is 3. The van der Waals surface area contributed by atoms with Crippen LogP contribution in [0.5, 0.6) is 0 Å². The van der Waals surface area contributed by atoms with Gasteiger partial charge in [0.25, 0.3) is 5.97 Å². The fraction of sp³-hybridized carbons (Fsp3) is 0.0455. The molecular formula is C22H19Br2N3O7. The summed E-state index contributed by atoms with van der Waals surface area (Å²) < 4.78 is 1.38. The second kappa shape index (κ2) is 22.3. The highest BCUT2D eigenvalue weighted by atomic mass is 79.9. The Bertz CT molecular complexity index is 1030. The Morgan fingerprint density at radius 2 is 1.29 bits per heavy atom. The van der Waals surface area contributed by atoms with Crippen molar-refractivity contribution in [2.45, 2.75) is 6.92 Å². The van der Waals surface area contributed by atoms with E-state index in [-0.39, 0.29) is 6.15 Å². The lowest BCUT2D eigenvalue weighted by molar-refractivity contribution is -0.191. The predicted octanol–water partition coefficient (Wildman–Crippen LogP) is 4.19. The van der Waals surface area contributed by atoms with Gasteiger partial charge in [0, 0.05) is 25.4 Å². The number of hydrogen-bond acceptors (Lipinski definition) is 8. The van der Waals surface area contributed by atoms with Crippen LogP contribution < -0.4 is 0 Å². The number of carboxylic acid groups (broad SMARTS) is 2. The van der Waals surface area contributed by atoms with Crippen molar-refractivity contribution in [3.63, 3.8) is 0 Å². The maximum absolute atomic E-state index is 10.1. The van der Waals surface area contributed by atoms with E-state index in [4.69, 9.17) is 24.6 Å².